The third-order valence-electron chi connectivity index (χ3n) is 7.16. The molecule has 192 valence electrons. The first-order valence-electron chi connectivity index (χ1n) is 12.2. The fourth-order valence-corrected chi connectivity index (χ4v) is 5.47. The van der Waals surface area contributed by atoms with Crippen molar-refractivity contribution in [2.24, 2.45) is 5.92 Å². The van der Waals surface area contributed by atoms with Crippen molar-refractivity contribution in [2.45, 2.75) is 12.1 Å². The lowest BCUT2D eigenvalue weighted by atomic mass is 9.90. The third-order valence-corrected chi connectivity index (χ3v) is 7.16. The molecule has 0 unspecified atom stereocenters. The number of rotatable bonds is 6. The number of hydrogen-bond donors (Lipinski definition) is 0. The molecule has 2 aliphatic rings. The van der Waals surface area contributed by atoms with Gasteiger partial charge in [0.2, 0.25) is 11.7 Å². The Hall–Kier alpha value is -4.56. The van der Waals surface area contributed by atoms with Crippen LogP contribution < -0.4 is 24.2 Å². The Kier molecular flexibility index (Phi) is 5.88. The van der Waals surface area contributed by atoms with E-state index in [0.29, 0.717) is 28.5 Å². The average Bonchev–Trinajstić information content (AvgIpc) is 3.47. The van der Waals surface area contributed by atoms with Crippen LogP contribution in [0.3, 0.4) is 0 Å². The molecule has 2 saturated heterocycles. The van der Waals surface area contributed by atoms with Crippen molar-refractivity contribution < 1.29 is 28.6 Å². The van der Waals surface area contributed by atoms with E-state index >= 15 is 0 Å². The quantitative estimate of drug-likeness (QED) is 0.341. The van der Waals surface area contributed by atoms with E-state index in [1.165, 1.54) is 26.2 Å². The number of amides is 2. The molecule has 2 aliphatic heterocycles. The van der Waals surface area contributed by atoms with Gasteiger partial charge in [-0.15, -0.1) is 0 Å². The number of imide groups is 1. The molecule has 4 aromatic rings. The second-order valence-corrected chi connectivity index (χ2v) is 9.13. The van der Waals surface area contributed by atoms with Crippen LogP contribution in [0.5, 0.6) is 17.2 Å². The fraction of sp³-hybridized carbons (Fsp3) is 0.200. The van der Waals surface area contributed by atoms with Crippen molar-refractivity contribution in [1.82, 2.24) is 0 Å². The van der Waals surface area contributed by atoms with Gasteiger partial charge in [-0.2, -0.15) is 0 Å². The maximum Gasteiger partial charge on any atom is 0.266 e. The molecular weight excluding hydrogens is 484 g/mol. The molecule has 2 heterocycles. The van der Waals surface area contributed by atoms with E-state index in [1.54, 1.807) is 23.3 Å². The van der Waals surface area contributed by atoms with Gasteiger partial charge in [-0.05, 0) is 41.3 Å². The Bertz CT molecular complexity index is 1510. The van der Waals surface area contributed by atoms with E-state index in [2.05, 4.69) is 0 Å². The topological polar surface area (TPSA) is 77.5 Å². The van der Waals surface area contributed by atoms with Gasteiger partial charge in [0.15, 0.2) is 17.6 Å². The van der Waals surface area contributed by atoms with Gasteiger partial charge in [-0.25, -0.2) is 9.96 Å². The summed E-state index contributed by atoms with van der Waals surface area (Å²) in [6.07, 6.45) is -0.995. The van der Waals surface area contributed by atoms with Crippen molar-refractivity contribution in [2.75, 3.05) is 31.3 Å². The minimum atomic E-state index is -0.995. The molecule has 0 spiro atoms. The van der Waals surface area contributed by atoms with Crippen LogP contribution in [-0.2, 0) is 14.4 Å². The highest BCUT2D eigenvalue weighted by Gasteiger charge is 2.60. The number of para-hydroxylation sites is 1. The highest BCUT2D eigenvalue weighted by molar-refractivity contribution is 6.26. The summed E-state index contributed by atoms with van der Waals surface area (Å²) in [5.74, 6) is -0.195. The van der Waals surface area contributed by atoms with Gasteiger partial charge in [0, 0.05) is 5.39 Å². The normalized spacial score (nSPS) is 20.7. The van der Waals surface area contributed by atoms with Crippen molar-refractivity contribution in [3.8, 4) is 17.2 Å². The molecule has 0 bridgehead atoms. The SMILES string of the molecule is COc1cc([C@H]2[C@H]3C(=O)N(c4cccc5ccccc45)C(=O)[C@@H]3ON2c2ccccc2)cc(OC)c1OC. The average molecular weight is 511 g/mol. The lowest BCUT2D eigenvalue weighted by Crippen LogP contribution is -2.37. The number of nitrogens with zero attached hydrogens (tertiary/aromatic N) is 2. The summed E-state index contributed by atoms with van der Waals surface area (Å²) in [7, 11) is 4.61. The largest absolute Gasteiger partial charge is 0.493 e. The van der Waals surface area contributed by atoms with E-state index in [9.17, 15) is 9.59 Å². The van der Waals surface area contributed by atoms with Crippen LogP contribution in [-0.4, -0.2) is 39.2 Å². The predicted molar refractivity (Wildman–Crippen MR) is 143 cm³/mol. The number of hydroxylamine groups is 1. The molecule has 3 atom stereocenters. The van der Waals surface area contributed by atoms with E-state index in [1.807, 2.05) is 66.7 Å². The molecule has 0 N–H and O–H groups in total. The highest BCUT2D eigenvalue weighted by atomic mass is 16.7. The Balaban J connectivity index is 1.50. The van der Waals surface area contributed by atoms with Crippen LogP contribution >= 0.6 is 0 Å². The summed E-state index contributed by atoms with van der Waals surface area (Å²) >= 11 is 0. The van der Waals surface area contributed by atoms with Crippen LogP contribution in [0.2, 0.25) is 0 Å². The minimum Gasteiger partial charge on any atom is -0.493 e. The van der Waals surface area contributed by atoms with E-state index in [4.69, 9.17) is 19.0 Å². The molecule has 0 saturated carbocycles. The molecule has 0 aliphatic carbocycles. The number of fused-ring (bicyclic) bond motifs is 2. The van der Waals surface area contributed by atoms with Crippen molar-refractivity contribution >= 4 is 34.0 Å². The minimum absolute atomic E-state index is 0.325. The van der Waals surface area contributed by atoms with Crippen LogP contribution in [0.1, 0.15) is 11.6 Å². The number of benzene rings is 4. The van der Waals surface area contributed by atoms with Crippen molar-refractivity contribution in [3.05, 3.63) is 90.5 Å². The first-order chi connectivity index (χ1) is 18.6. The number of carbonyl (C=O) groups is 2. The molecule has 0 radical (unpaired) electrons. The summed E-state index contributed by atoms with van der Waals surface area (Å²) in [5, 5.41) is 3.41. The Morgan fingerprint density at radius 2 is 1.39 bits per heavy atom. The lowest BCUT2D eigenvalue weighted by Gasteiger charge is -2.29. The van der Waals surface area contributed by atoms with Gasteiger partial charge < -0.3 is 14.2 Å². The Labute approximate surface area is 219 Å². The van der Waals surface area contributed by atoms with Gasteiger partial charge in [0.1, 0.15) is 5.92 Å². The molecule has 38 heavy (non-hydrogen) atoms. The maximum atomic E-state index is 14.1. The van der Waals surface area contributed by atoms with Gasteiger partial charge in [0.05, 0.1) is 38.7 Å². The summed E-state index contributed by atoms with van der Waals surface area (Å²) in [6, 6.07) is 25.7. The monoisotopic (exact) mass is 510 g/mol. The van der Waals surface area contributed by atoms with Gasteiger partial charge in [-0.1, -0.05) is 54.6 Å². The number of carbonyl (C=O) groups excluding carboxylic acids is 2. The number of ether oxygens (including phenoxy) is 3. The smallest absolute Gasteiger partial charge is 0.266 e. The van der Waals surface area contributed by atoms with Crippen LogP contribution in [0.15, 0.2) is 84.9 Å². The predicted octanol–water partition coefficient (Wildman–Crippen LogP) is 4.92. The second-order valence-electron chi connectivity index (χ2n) is 9.13. The van der Waals surface area contributed by atoms with Gasteiger partial charge in [-0.3, -0.25) is 14.4 Å². The number of anilines is 2. The standard InChI is InChI=1S/C30H26N2O6/c1-35-23-16-19(17-24(36-2)27(23)37-3)26-25-28(38-32(26)20-12-5-4-6-13-20)30(34)31(29(25)33)22-15-9-11-18-10-7-8-14-21(18)22/h4-17,25-26,28H,1-3H3/t25-,26+,28-/m1/s1. The first-order valence-corrected chi connectivity index (χ1v) is 12.2. The van der Waals surface area contributed by atoms with E-state index < -0.39 is 24.0 Å². The van der Waals surface area contributed by atoms with Gasteiger partial charge in [0.25, 0.3) is 5.91 Å². The molecule has 0 aromatic heterocycles. The Morgan fingerprint density at radius 3 is 2.08 bits per heavy atom. The van der Waals surface area contributed by atoms with Crippen molar-refractivity contribution in [3.63, 3.8) is 0 Å². The van der Waals surface area contributed by atoms with Crippen LogP contribution in [0.25, 0.3) is 10.8 Å². The fourth-order valence-electron chi connectivity index (χ4n) is 5.47. The summed E-state index contributed by atoms with van der Waals surface area (Å²) in [5.41, 5.74) is 1.96. The molecule has 2 amide bonds. The molecule has 8 heteroatoms. The highest BCUT2D eigenvalue weighted by Crippen LogP contribution is 2.50. The second kappa shape index (κ2) is 9.39. The summed E-state index contributed by atoms with van der Waals surface area (Å²) in [4.78, 5) is 35.5. The first kappa shape index (κ1) is 23.8. The molecule has 8 nitrogen and oxygen atoms in total. The lowest BCUT2D eigenvalue weighted by molar-refractivity contribution is -0.126. The van der Waals surface area contributed by atoms with Crippen LogP contribution in [0, 0.1) is 5.92 Å². The maximum absolute atomic E-state index is 14.1. The zero-order valence-electron chi connectivity index (χ0n) is 21.2. The molecule has 6 rings (SSSR count). The zero-order valence-corrected chi connectivity index (χ0v) is 21.2. The summed E-state index contributed by atoms with van der Waals surface area (Å²) in [6.45, 7) is 0. The van der Waals surface area contributed by atoms with Gasteiger partial charge >= 0.3 is 0 Å². The molecule has 2 fully saturated rings. The van der Waals surface area contributed by atoms with E-state index in [-0.39, 0.29) is 5.91 Å². The van der Waals surface area contributed by atoms with Crippen molar-refractivity contribution in [1.29, 1.82) is 0 Å². The third kappa shape index (κ3) is 3.56. The Morgan fingerprint density at radius 1 is 0.737 bits per heavy atom. The zero-order chi connectivity index (χ0) is 26.4. The van der Waals surface area contributed by atoms with E-state index in [0.717, 1.165) is 16.5 Å². The number of methoxy groups -OCH3 is 3. The molecule has 4 aromatic carbocycles. The number of hydrogen-bond acceptors (Lipinski definition) is 7. The summed E-state index contributed by atoms with van der Waals surface area (Å²) < 4.78 is 16.7. The van der Waals surface area contributed by atoms with Crippen LogP contribution in [0.4, 0.5) is 11.4 Å². The molecular formula is C30H26N2O6.